The van der Waals surface area contributed by atoms with Crippen molar-refractivity contribution in [2.75, 3.05) is 27.2 Å². The molecule has 4 heteroatoms. The number of rotatable bonds is 3. The number of piperidine rings is 1. The lowest BCUT2D eigenvalue weighted by atomic mass is 9.89. The van der Waals surface area contributed by atoms with Crippen LogP contribution in [0.25, 0.3) is 0 Å². The van der Waals surface area contributed by atoms with E-state index in [1.807, 2.05) is 12.1 Å². The Hall–Kier alpha value is -0.280. The molecule has 1 atom stereocenters. The average molecular weight is 301 g/mol. The minimum atomic E-state index is 0.509. The first-order valence-electron chi connectivity index (χ1n) is 6.84. The molecule has 2 nitrogen and oxygen atoms in total. The predicted molar refractivity (Wildman–Crippen MR) is 83.2 cm³/mol. The summed E-state index contributed by atoms with van der Waals surface area (Å²) in [5.74, 6) is 0.611. The molecule has 1 fully saturated rings. The molecule has 1 aliphatic rings. The zero-order valence-corrected chi connectivity index (χ0v) is 13.4. The van der Waals surface area contributed by atoms with E-state index >= 15 is 0 Å². The Labute approximate surface area is 126 Å². The van der Waals surface area contributed by atoms with Gasteiger partial charge in [-0.3, -0.25) is 9.80 Å². The van der Waals surface area contributed by atoms with Gasteiger partial charge in [0.15, 0.2) is 0 Å². The molecule has 1 saturated heterocycles. The maximum absolute atomic E-state index is 6.10. The molecule has 1 unspecified atom stereocenters. The van der Waals surface area contributed by atoms with Gasteiger partial charge in [-0.1, -0.05) is 29.3 Å². The monoisotopic (exact) mass is 300 g/mol. The molecular weight excluding hydrogens is 279 g/mol. The van der Waals surface area contributed by atoms with Gasteiger partial charge in [-0.15, -0.1) is 0 Å². The standard InChI is InChI=1S/C15H22Cl2N2/c1-11(18(2)3)19-8-6-12(7-9-19)13-4-5-14(16)15(17)10-13/h4-5,10-12H,6-9H2,1-3H3. The van der Waals surface area contributed by atoms with Crippen LogP contribution < -0.4 is 0 Å². The van der Waals surface area contributed by atoms with Crippen molar-refractivity contribution in [3.63, 3.8) is 0 Å². The topological polar surface area (TPSA) is 6.48 Å². The number of hydrogen-bond donors (Lipinski definition) is 0. The summed E-state index contributed by atoms with van der Waals surface area (Å²) >= 11 is 12.1. The molecule has 0 amide bonds. The van der Waals surface area contributed by atoms with E-state index in [1.54, 1.807) is 0 Å². The lowest BCUT2D eigenvalue weighted by Crippen LogP contribution is -2.46. The lowest BCUT2D eigenvalue weighted by Gasteiger charge is -2.38. The summed E-state index contributed by atoms with van der Waals surface area (Å²) in [7, 11) is 4.27. The van der Waals surface area contributed by atoms with Crippen LogP contribution in [0.1, 0.15) is 31.2 Å². The van der Waals surface area contributed by atoms with Crippen LogP contribution in [-0.2, 0) is 0 Å². The Morgan fingerprint density at radius 3 is 2.32 bits per heavy atom. The van der Waals surface area contributed by atoms with Crippen LogP contribution in [0.15, 0.2) is 18.2 Å². The van der Waals surface area contributed by atoms with Crippen molar-refractivity contribution in [2.24, 2.45) is 0 Å². The van der Waals surface area contributed by atoms with Crippen molar-refractivity contribution in [3.8, 4) is 0 Å². The fourth-order valence-electron chi connectivity index (χ4n) is 2.70. The second kappa shape index (κ2) is 6.45. The van der Waals surface area contributed by atoms with Gasteiger partial charge in [0.2, 0.25) is 0 Å². The second-order valence-corrected chi connectivity index (χ2v) is 6.39. The van der Waals surface area contributed by atoms with Crippen molar-refractivity contribution in [3.05, 3.63) is 33.8 Å². The molecule has 2 rings (SSSR count). The number of nitrogens with zero attached hydrogens (tertiary/aromatic N) is 2. The summed E-state index contributed by atoms with van der Waals surface area (Å²) < 4.78 is 0. The van der Waals surface area contributed by atoms with Crippen molar-refractivity contribution in [1.82, 2.24) is 9.80 Å². The van der Waals surface area contributed by atoms with Crippen molar-refractivity contribution in [2.45, 2.75) is 31.8 Å². The van der Waals surface area contributed by atoms with E-state index < -0.39 is 0 Å². The van der Waals surface area contributed by atoms with Crippen LogP contribution in [0, 0.1) is 0 Å². The maximum Gasteiger partial charge on any atom is 0.0595 e. The number of hydrogen-bond acceptors (Lipinski definition) is 2. The molecule has 1 aromatic carbocycles. The van der Waals surface area contributed by atoms with Crippen molar-refractivity contribution < 1.29 is 0 Å². The van der Waals surface area contributed by atoms with Crippen molar-refractivity contribution in [1.29, 1.82) is 0 Å². The number of halogens is 2. The van der Waals surface area contributed by atoms with Gasteiger partial charge in [-0.25, -0.2) is 0 Å². The Morgan fingerprint density at radius 1 is 1.16 bits per heavy atom. The van der Waals surface area contributed by atoms with Gasteiger partial charge in [-0.2, -0.15) is 0 Å². The molecule has 1 aromatic rings. The normalized spacial score (nSPS) is 19.9. The minimum Gasteiger partial charge on any atom is -0.294 e. The van der Waals surface area contributed by atoms with E-state index in [1.165, 1.54) is 18.4 Å². The molecule has 106 valence electrons. The first-order chi connectivity index (χ1) is 8.99. The summed E-state index contributed by atoms with van der Waals surface area (Å²) in [5, 5.41) is 1.31. The molecule has 0 aliphatic carbocycles. The van der Waals surface area contributed by atoms with Gasteiger partial charge >= 0.3 is 0 Å². The third-order valence-corrected chi connectivity index (χ3v) is 4.96. The summed E-state index contributed by atoms with van der Waals surface area (Å²) in [6.45, 7) is 4.55. The third-order valence-electron chi connectivity index (χ3n) is 4.22. The van der Waals surface area contributed by atoms with Crippen LogP contribution >= 0.6 is 23.2 Å². The van der Waals surface area contributed by atoms with Crippen LogP contribution in [0.5, 0.6) is 0 Å². The van der Waals surface area contributed by atoms with Gasteiger partial charge in [-0.05, 0) is 57.5 Å². The third kappa shape index (κ3) is 3.63. The van der Waals surface area contributed by atoms with Gasteiger partial charge in [0.1, 0.15) is 0 Å². The van der Waals surface area contributed by atoms with Crippen molar-refractivity contribution >= 4 is 23.2 Å². The predicted octanol–water partition coefficient (Wildman–Crippen LogP) is 4.08. The van der Waals surface area contributed by atoms with Gasteiger partial charge < -0.3 is 0 Å². The molecule has 0 N–H and O–H groups in total. The number of likely N-dealkylation sites (tertiary alicyclic amines) is 1. The van der Waals surface area contributed by atoms with E-state index in [4.69, 9.17) is 23.2 Å². The molecule has 1 heterocycles. The Balaban J connectivity index is 1.98. The summed E-state index contributed by atoms with van der Waals surface area (Å²) in [6.07, 6.45) is 2.89. The molecule has 1 aliphatic heterocycles. The zero-order chi connectivity index (χ0) is 14.0. The first-order valence-corrected chi connectivity index (χ1v) is 7.60. The Bertz CT molecular complexity index is 426. The highest BCUT2D eigenvalue weighted by Crippen LogP contribution is 2.32. The number of benzene rings is 1. The SMILES string of the molecule is CC(N(C)C)N1CCC(c2ccc(Cl)c(Cl)c2)CC1. The fraction of sp³-hybridized carbons (Fsp3) is 0.600. The Kier molecular flexibility index (Phi) is 5.13. The molecule has 0 spiro atoms. The second-order valence-electron chi connectivity index (χ2n) is 5.58. The largest absolute Gasteiger partial charge is 0.294 e. The minimum absolute atomic E-state index is 0.509. The average Bonchev–Trinajstić information content (AvgIpc) is 2.41. The van der Waals surface area contributed by atoms with E-state index in [0.29, 0.717) is 22.1 Å². The van der Waals surface area contributed by atoms with E-state index in [0.717, 1.165) is 13.1 Å². The van der Waals surface area contributed by atoms with Crippen LogP contribution in [-0.4, -0.2) is 43.2 Å². The quantitative estimate of drug-likeness (QED) is 0.830. The van der Waals surface area contributed by atoms with Gasteiger partial charge in [0, 0.05) is 13.1 Å². The van der Waals surface area contributed by atoms with Gasteiger partial charge in [0.05, 0.1) is 16.2 Å². The molecule has 0 radical (unpaired) electrons. The van der Waals surface area contributed by atoms with E-state index in [9.17, 15) is 0 Å². The first kappa shape index (κ1) is 15.1. The highest BCUT2D eigenvalue weighted by molar-refractivity contribution is 6.42. The summed E-state index contributed by atoms with van der Waals surface area (Å²) in [6, 6.07) is 6.05. The van der Waals surface area contributed by atoms with Crippen LogP contribution in [0.4, 0.5) is 0 Å². The van der Waals surface area contributed by atoms with Crippen LogP contribution in [0.2, 0.25) is 10.0 Å². The van der Waals surface area contributed by atoms with E-state index in [2.05, 4.69) is 36.9 Å². The van der Waals surface area contributed by atoms with Gasteiger partial charge in [0.25, 0.3) is 0 Å². The molecule has 0 aromatic heterocycles. The highest BCUT2D eigenvalue weighted by Gasteiger charge is 2.24. The molecule has 19 heavy (non-hydrogen) atoms. The lowest BCUT2D eigenvalue weighted by molar-refractivity contribution is 0.0696. The maximum atomic E-state index is 6.10. The van der Waals surface area contributed by atoms with Crippen LogP contribution in [0.3, 0.4) is 0 Å². The zero-order valence-electron chi connectivity index (χ0n) is 11.9. The molecule has 0 bridgehead atoms. The van der Waals surface area contributed by atoms with E-state index in [-0.39, 0.29) is 0 Å². The summed E-state index contributed by atoms with van der Waals surface area (Å²) in [5.41, 5.74) is 1.33. The summed E-state index contributed by atoms with van der Waals surface area (Å²) in [4.78, 5) is 4.80. The molecule has 0 saturated carbocycles. The highest BCUT2D eigenvalue weighted by atomic mass is 35.5. The Morgan fingerprint density at radius 2 is 1.79 bits per heavy atom. The fourth-order valence-corrected chi connectivity index (χ4v) is 3.01. The smallest absolute Gasteiger partial charge is 0.0595 e. The molecular formula is C15H22Cl2N2.